The molecule has 0 bridgehead atoms. The number of carbonyl (C=O) groups is 2. The Morgan fingerprint density at radius 2 is 1.82 bits per heavy atom. The van der Waals surface area contributed by atoms with Crippen molar-refractivity contribution < 1.29 is 28.9 Å². The lowest BCUT2D eigenvalue weighted by Gasteiger charge is -2.25. The molecule has 0 saturated heterocycles. The van der Waals surface area contributed by atoms with Crippen LogP contribution in [0.1, 0.15) is 72.3 Å². The number of aromatic nitrogens is 1. The zero-order valence-electron chi connectivity index (χ0n) is 25.7. The van der Waals surface area contributed by atoms with Crippen LogP contribution in [-0.2, 0) is 16.1 Å². The molecule has 1 aliphatic heterocycles. The van der Waals surface area contributed by atoms with Gasteiger partial charge < -0.3 is 19.3 Å². The summed E-state index contributed by atoms with van der Waals surface area (Å²) in [5.41, 5.74) is 4.11. The Balaban J connectivity index is 1.52. The molecule has 9 nitrogen and oxygen atoms in total. The highest BCUT2D eigenvalue weighted by Crippen LogP contribution is 2.32. The predicted octanol–water partition coefficient (Wildman–Crippen LogP) is 5.21. The highest BCUT2D eigenvalue weighted by molar-refractivity contribution is 7.07. The van der Waals surface area contributed by atoms with Gasteiger partial charge in [-0.2, -0.15) is 0 Å². The van der Waals surface area contributed by atoms with E-state index in [4.69, 9.17) is 14.2 Å². The SMILES string of the molecule is CCOC(=O)C1=C(C)N=c2s/c(=C\c3ccc(OCc4cccc(C(=O)O)c4)c(OC)c3)c(=O)n2[C@@H]1c1ccc(C(C)C)cc1. The number of benzene rings is 3. The van der Waals surface area contributed by atoms with Crippen LogP contribution >= 0.6 is 11.3 Å². The number of nitrogens with zero attached hydrogens (tertiary/aromatic N) is 2. The fourth-order valence-corrected chi connectivity index (χ4v) is 6.22. The van der Waals surface area contributed by atoms with Gasteiger partial charge in [0.15, 0.2) is 16.3 Å². The Bertz CT molecular complexity index is 1970. The van der Waals surface area contributed by atoms with Crippen LogP contribution in [0.15, 0.2) is 87.8 Å². The molecule has 1 N–H and O–H groups in total. The number of esters is 1. The molecule has 0 saturated carbocycles. The average Bonchev–Trinajstić information content (AvgIpc) is 3.33. The molecule has 10 heteroatoms. The number of carboxylic acids is 1. The largest absolute Gasteiger partial charge is 0.493 e. The molecule has 1 aromatic heterocycles. The van der Waals surface area contributed by atoms with Gasteiger partial charge in [-0.1, -0.05) is 67.6 Å². The van der Waals surface area contributed by atoms with Crippen LogP contribution in [0.3, 0.4) is 0 Å². The second kappa shape index (κ2) is 13.4. The van der Waals surface area contributed by atoms with Crippen LogP contribution in [0.5, 0.6) is 11.5 Å². The first kappa shape index (κ1) is 31.5. The highest BCUT2D eigenvalue weighted by atomic mass is 32.1. The van der Waals surface area contributed by atoms with E-state index >= 15 is 0 Å². The Labute approximate surface area is 264 Å². The number of hydrogen-bond donors (Lipinski definition) is 1. The maximum absolute atomic E-state index is 14.0. The van der Waals surface area contributed by atoms with Gasteiger partial charge >= 0.3 is 11.9 Å². The standard InChI is InChI=1S/C35H34N2O7S/c1-6-43-34(41)30-21(4)36-35-37(31(30)25-13-11-24(12-14-25)20(2)3)32(38)29(45-35)18-22-10-15-27(28(17-22)42-5)44-19-23-8-7-9-26(16-23)33(39)40/h7-18,20,31H,6,19H2,1-5H3,(H,39,40)/b29-18-/t31-/m1/s1. The number of rotatable bonds is 10. The topological polar surface area (TPSA) is 116 Å². The van der Waals surface area contributed by atoms with Crippen LogP contribution in [0.25, 0.3) is 6.08 Å². The second-order valence-corrected chi connectivity index (χ2v) is 11.8. The molecule has 0 fully saturated rings. The van der Waals surface area contributed by atoms with E-state index in [-0.39, 0.29) is 24.3 Å². The van der Waals surface area contributed by atoms with Crippen molar-refractivity contribution in [1.82, 2.24) is 4.57 Å². The minimum absolute atomic E-state index is 0.149. The number of methoxy groups -OCH3 is 1. The number of allylic oxidation sites excluding steroid dienone is 1. The van der Waals surface area contributed by atoms with E-state index in [0.29, 0.717) is 49.1 Å². The number of carbonyl (C=O) groups excluding carboxylic acids is 1. The summed E-state index contributed by atoms with van der Waals surface area (Å²) < 4.78 is 18.9. The highest BCUT2D eigenvalue weighted by Gasteiger charge is 2.33. The lowest BCUT2D eigenvalue weighted by molar-refractivity contribution is -0.139. The maximum atomic E-state index is 14.0. The van der Waals surface area contributed by atoms with Crippen LogP contribution in [-0.4, -0.2) is 35.3 Å². The van der Waals surface area contributed by atoms with Gasteiger partial charge in [0.1, 0.15) is 6.61 Å². The van der Waals surface area contributed by atoms with Gasteiger partial charge in [-0.15, -0.1) is 0 Å². The third-order valence-corrected chi connectivity index (χ3v) is 8.47. The van der Waals surface area contributed by atoms with Crippen LogP contribution < -0.4 is 24.4 Å². The van der Waals surface area contributed by atoms with E-state index in [1.165, 1.54) is 24.5 Å². The van der Waals surface area contributed by atoms with Gasteiger partial charge in [0.05, 0.1) is 41.1 Å². The van der Waals surface area contributed by atoms with E-state index < -0.39 is 18.0 Å². The van der Waals surface area contributed by atoms with Gasteiger partial charge in [0.2, 0.25) is 0 Å². The first-order valence-corrected chi connectivity index (χ1v) is 15.4. The summed E-state index contributed by atoms with van der Waals surface area (Å²) in [4.78, 5) is 43.6. The summed E-state index contributed by atoms with van der Waals surface area (Å²) in [6.45, 7) is 8.09. The smallest absolute Gasteiger partial charge is 0.338 e. The molecule has 0 unspecified atom stereocenters. The van der Waals surface area contributed by atoms with E-state index in [2.05, 4.69) is 18.8 Å². The molecule has 1 atom stereocenters. The lowest BCUT2D eigenvalue weighted by Crippen LogP contribution is -2.39. The van der Waals surface area contributed by atoms with Gasteiger partial charge in [0.25, 0.3) is 5.56 Å². The van der Waals surface area contributed by atoms with Crippen molar-refractivity contribution in [2.45, 2.75) is 46.3 Å². The normalized spacial score (nSPS) is 14.6. The first-order chi connectivity index (χ1) is 21.6. The summed E-state index contributed by atoms with van der Waals surface area (Å²) in [5.74, 6) is -0.252. The fraction of sp³-hybridized carbons (Fsp3) is 0.257. The van der Waals surface area contributed by atoms with E-state index in [9.17, 15) is 19.5 Å². The van der Waals surface area contributed by atoms with E-state index in [0.717, 1.165) is 11.1 Å². The van der Waals surface area contributed by atoms with Crippen molar-refractivity contribution in [3.05, 3.63) is 126 Å². The summed E-state index contributed by atoms with van der Waals surface area (Å²) in [5, 5.41) is 9.26. The van der Waals surface area contributed by atoms with E-state index in [1.807, 2.05) is 24.3 Å². The average molecular weight is 627 g/mol. The van der Waals surface area contributed by atoms with Crippen molar-refractivity contribution >= 4 is 29.4 Å². The quantitative estimate of drug-likeness (QED) is 0.240. The van der Waals surface area contributed by atoms with Crippen molar-refractivity contribution in [2.75, 3.05) is 13.7 Å². The monoisotopic (exact) mass is 626 g/mol. The first-order valence-electron chi connectivity index (χ1n) is 14.5. The van der Waals surface area contributed by atoms with Crippen molar-refractivity contribution in [1.29, 1.82) is 0 Å². The number of carboxylic acid groups (broad SMARTS) is 1. The molecular weight excluding hydrogens is 592 g/mol. The molecule has 0 aliphatic carbocycles. The molecule has 1 aliphatic rings. The zero-order valence-corrected chi connectivity index (χ0v) is 26.5. The Morgan fingerprint density at radius 1 is 1.07 bits per heavy atom. The second-order valence-electron chi connectivity index (χ2n) is 10.8. The number of ether oxygens (including phenoxy) is 3. The number of aromatic carboxylic acids is 1. The molecule has 2 heterocycles. The lowest BCUT2D eigenvalue weighted by atomic mass is 9.93. The van der Waals surface area contributed by atoms with Crippen LogP contribution in [0.4, 0.5) is 0 Å². The Hall–Kier alpha value is -4.96. The summed E-state index contributed by atoms with van der Waals surface area (Å²) >= 11 is 1.24. The molecule has 4 aromatic rings. The number of fused-ring (bicyclic) bond motifs is 1. The Kier molecular flexibility index (Phi) is 9.34. The Morgan fingerprint density at radius 3 is 2.49 bits per heavy atom. The van der Waals surface area contributed by atoms with Crippen LogP contribution in [0.2, 0.25) is 0 Å². The molecular formula is C35H34N2O7S. The zero-order chi connectivity index (χ0) is 32.2. The summed E-state index contributed by atoms with van der Waals surface area (Å²) in [6.07, 6.45) is 1.76. The maximum Gasteiger partial charge on any atom is 0.338 e. The summed E-state index contributed by atoms with van der Waals surface area (Å²) in [7, 11) is 1.52. The van der Waals surface area contributed by atoms with Crippen molar-refractivity contribution in [2.24, 2.45) is 4.99 Å². The molecule has 3 aromatic carbocycles. The molecule has 0 spiro atoms. The van der Waals surface area contributed by atoms with Gasteiger partial charge in [-0.05, 0) is 72.4 Å². The fourth-order valence-electron chi connectivity index (χ4n) is 5.17. The van der Waals surface area contributed by atoms with Crippen LogP contribution in [0, 0.1) is 0 Å². The van der Waals surface area contributed by atoms with Gasteiger partial charge in [0, 0.05) is 0 Å². The molecule has 5 rings (SSSR count). The van der Waals surface area contributed by atoms with Crippen molar-refractivity contribution in [3.63, 3.8) is 0 Å². The minimum Gasteiger partial charge on any atom is -0.493 e. The van der Waals surface area contributed by atoms with Gasteiger partial charge in [-0.3, -0.25) is 9.36 Å². The third-order valence-electron chi connectivity index (χ3n) is 7.49. The number of hydrogen-bond acceptors (Lipinski definition) is 8. The molecule has 45 heavy (non-hydrogen) atoms. The summed E-state index contributed by atoms with van der Waals surface area (Å²) in [6, 6.07) is 19.1. The molecule has 0 radical (unpaired) electrons. The van der Waals surface area contributed by atoms with Crippen molar-refractivity contribution in [3.8, 4) is 11.5 Å². The third kappa shape index (κ3) is 6.61. The van der Waals surface area contributed by atoms with E-state index in [1.54, 1.807) is 60.9 Å². The molecule has 0 amide bonds. The minimum atomic E-state index is -1.01. The van der Waals surface area contributed by atoms with Gasteiger partial charge in [-0.25, -0.2) is 14.6 Å². The predicted molar refractivity (Wildman–Crippen MR) is 172 cm³/mol. The number of thiazole rings is 1. The molecule has 232 valence electrons.